The molecule has 2 fully saturated rings. The third kappa shape index (κ3) is 3.38. The van der Waals surface area contributed by atoms with Crippen molar-refractivity contribution in [3.63, 3.8) is 0 Å². The average molecular weight is 385 g/mol. The second-order valence-corrected chi connectivity index (χ2v) is 9.08. The molecule has 2 aromatic rings. The fraction of sp³-hybridized carbons (Fsp3) is 0.350. The van der Waals surface area contributed by atoms with Gasteiger partial charge in [0, 0.05) is 43.7 Å². The van der Waals surface area contributed by atoms with Gasteiger partial charge >= 0.3 is 0 Å². The lowest BCUT2D eigenvalue weighted by Crippen LogP contribution is -2.32. The number of hydrogen-bond acceptors (Lipinski definition) is 4. The van der Waals surface area contributed by atoms with Crippen LogP contribution in [0.2, 0.25) is 0 Å². The highest BCUT2D eigenvalue weighted by Gasteiger charge is 2.38. The maximum Gasteiger partial charge on any atom is 0.243 e. The summed E-state index contributed by atoms with van der Waals surface area (Å²) in [5.74, 6) is 0.0734. The number of rotatable bonds is 4. The summed E-state index contributed by atoms with van der Waals surface area (Å²) < 4.78 is 27.6. The number of carbonyl (C=O) groups is 1. The molecule has 2 heterocycles. The highest BCUT2D eigenvalue weighted by atomic mass is 32.2. The molecule has 6 nitrogen and oxygen atoms in total. The monoisotopic (exact) mass is 385 g/mol. The molecule has 0 saturated carbocycles. The predicted octanol–water partition coefficient (Wildman–Crippen LogP) is 1.93. The fourth-order valence-electron chi connectivity index (χ4n) is 3.91. The SMILES string of the molecule is N[C@@H]1CN(S(=O)(=O)c2ccc(N3CCCC3=O)cc2)C[C@H]1c1ccccc1. The smallest absolute Gasteiger partial charge is 0.243 e. The summed E-state index contributed by atoms with van der Waals surface area (Å²) in [5.41, 5.74) is 8.06. The van der Waals surface area contributed by atoms with Gasteiger partial charge in [-0.3, -0.25) is 4.79 Å². The Kier molecular flexibility index (Phi) is 4.75. The van der Waals surface area contributed by atoms with Crippen molar-refractivity contribution in [2.75, 3.05) is 24.5 Å². The van der Waals surface area contributed by atoms with Gasteiger partial charge in [-0.1, -0.05) is 30.3 Å². The molecule has 27 heavy (non-hydrogen) atoms. The van der Waals surface area contributed by atoms with E-state index >= 15 is 0 Å². The van der Waals surface area contributed by atoms with E-state index in [2.05, 4.69) is 0 Å². The summed E-state index contributed by atoms with van der Waals surface area (Å²) >= 11 is 0. The Morgan fingerprint density at radius 2 is 1.67 bits per heavy atom. The Morgan fingerprint density at radius 3 is 2.30 bits per heavy atom. The fourth-order valence-corrected chi connectivity index (χ4v) is 5.41. The second-order valence-electron chi connectivity index (χ2n) is 7.15. The molecule has 2 atom stereocenters. The van der Waals surface area contributed by atoms with Crippen LogP contribution in [-0.4, -0.2) is 44.3 Å². The highest BCUT2D eigenvalue weighted by molar-refractivity contribution is 7.89. The van der Waals surface area contributed by atoms with Crippen LogP contribution in [0.5, 0.6) is 0 Å². The molecule has 0 spiro atoms. The zero-order valence-electron chi connectivity index (χ0n) is 15.0. The van der Waals surface area contributed by atoms with Gasteiger partial charge in [-0.05, 0) is 36.2 Å². The van der Waals surface area contributed by atoms with E-state index < -0.39 is 10.0 Å². The molecule has 2 aliphatic heterocycles. The first-order valence-corrected chi connectivity index (χ1v) is 10.6. The molecule has 2 N–H and O–H groups in total. The highest BCUT2D eigenvalue weighted by Crippen LogP contribution is 2.31. The summed E-state index contributed by atoms with van der Waals surface area (Å²) in [5, 5.41) is 0. The van der Waals surface area contributed by atoms with Crippen molar-refractivity contribution in [3.8, 4) is 0 Å². The maximum absolute atomic E-state index is 13.0. The number of anilines is 1. The molecule has 4 rings (SSSR count). The third-order valence-electron chi connectivity index (χ3n) is 5.42. The number of amides is 1. The quantitative estimate of drug-likeness (QED) is 0.872. The molecule has 2 saturated heterocycles. The van der Waals surface area contributed by atoms with Gasteiger partial charge in [-0.15, -0.1) is 0 Å². The second kappa shape index (κ2) is 7.07. The minimum Gasteiger partial charge on any atom is -0.326 e. The number of hydrogen-bond donors (Lipinski definition) is 1. The molecule has 0 aliphatic carbocycles. The van der Waals surface area contributed by atoms with E-state index in [9.17, 15) is 13.2 Å². The maximum atomic E-state index is 13.0. The van der Waals surface area contributed by atoms with E-state index in [1.807, 2.05) is 30.3 Å². The van der Waals surface area contributed by atoms with Gasteiger partial charge in [0.1, 0.15) is 0 Å². The van der Waals surface area contributed by atoms with Crippen molar-refractivity contribution in [3.05, 3.63) is 60.2 Å². The first-order chi connectivity index (χ1) is 13.0. The minimum absolute atomic E-state index is 0.0116. The summed E-state index contributed by atoms with van der Waals surface area (Å²) in [6.07, 6.45) is 1.39. The Bertz CT molecular complexity index is 929. The van der Waals surface area contributed by atoms with Crippen LogP contribution in [0.15, 0.2) is 59.5 Å². The minimum atomic E-state index is -3.62. The zero-order valence-corrected chi connectivity index (χ0v) is 15.8. The number of sulfonamides is 1. The van der Waals surface area contributed by atoms with Crippen molar-refractivity contribution in [2.45, 2.75) is 29.7 Å². The van der Waals surface area contributed by atoms with Crippen LogP contribution in [0, 0.1) is 0 Å². The lowest BCUT2D eigenvalue weighted by Gasteiger charge is -2.19. The van der Waals surface area contributed by atoms with Crippen LogP contribution in [0.1, 0.15) is 24.3 Å². The van der Waals surface area contributed by atoms with Gasteiger partial charge < -0.3 is 10.6 Å². The van der Waals surface area contributed by atoms with Crippen LogP contribution < -0.4 is 10.6 Å². The first kappa shape index (κ1) is 18.2. The molecule has 2 aliphatic rings. The molecule has 1 amide bonds. The Labute approximate surface area is 159 Å². The number of benzene rings is 2. The largest absolute Gasteiger partial charge is 0.326 e. The number of nitrogens with zero attached hydrogens (tertiary/aromatic N) is 2. The molecule has 0 unspecified atom stereocenters. The van der Waals surface area contributed by atoms with E-state index in [-0.39, 0.29) is 22.8 Å². The van der Waals surface area contributed by atoms with Crippen LogP contribution >= 0.6 is 0 Å². The van der Waals surface area contributed by atoms with E-state index in [0.717, 1.165) is 17.7 Å². The third-order valence-corrected chi connectivity index (χ3v) is 7.26. The molecule has 142 valence electrons. The normalized spacial score (nSPS) is 23.9. The topological polar surface area (TPSA) is 83.7 Å². The molecule has 2 aromatic carbocycles. The van der Waals surface area contributed by atoms with Crippen molar-refractivity contribution in [2.24, 2.45) is 5.73 Å². The summed E-state index contributed by atoms with van der Waals surface area (Å²) in [6, 6.07) is 16.1. The van der Waals surface area contributed by atoms with Crippen molar-refractivity contribution in [1.29, 1.82) is 0 Å². The number of nitrogens with two attached hydrogens (primary N) is 1. The molecule has 0 aromatic heterocycles. The van der Waals surface area contributed by atoms with Gasteiger partial charge in [0.25, 0.3) is 0 Å². The molecular weight excluding hydrogens is 362 g/mol. The van der Waals surface area contributed by atoms with E-state index in [0.29, 0.717) is 26.1 Å². The number of carbonyl (C=O) groups excluding carboxylic acids is 1. The standard InChI is InChI=1S/C20H23N3O3S/c21-19-14-22(13-18(19)15-5-2-1-3-6-15)27(25,26)17-10-8-16(9-11-17)23-12-4-7-20(23)24/h1-3,5-6,8-11,18-19H,4,7,12-14,21H2/t18-,19+/m0/s1. The van der Waals surface area contributed by atoms with Crippen LogP contribution in [-0.2, 0) is 14.8 Å². The van der Waals surface area contributed by atoms with E-state index in [1.165, 1.54) is 4.31 Å². The van der Waals surface area contributed by atoms with Crippen LogP contribution in [0.25, 0.3) is 0 Å². The summed E-state index contributed by atoms with van der Waals surface area (Å²) in [7, 11) is -3.62. The molecular formula is C20H23N3O3S. The zero-order chi connectivity index (χ0) is 19.0. The predicted molar refractivity (Wildman–Crippen MR) is 104 cm³/mol. The first-order valence-electron chi connectivity index (χ1n) is 9.18. The molecule has 0 bridgehead atoms. The van der Waals surface area contributed by atoms with Gasteiger partial charge in [0.15, 0.2) is 0 Å². The lowest BCUT2D eigenvalue weighted by atomic mass is 9.95. The van der Waals surface area contributed by atoms with Gasteiger partial charge in [-0.2, -0.15) is 4.31 Å². The van der Waals surface area contributed by atoms with Crippen LogP contribution in [0.3, 0.4) is 0 Å². The van der Waals surface area contributed by atoms with E-state index in [4.69, 9.17) is 5.73 Å². The summed E-state index contributed by atoms with van der Waals surface area (Å²) in [6.45, 7) is 1.36. The molecule has 7 heteroatoms. The van der Waals surface area contributed by atoms with E-state index in [1.54, 1.807) is 29.2 Å². The Morgan fingerprint density at radius 1 is 0.963 bits per heavy atom. The van der Waals surface area contributed by atoms with Crippen molar-refractivity contribution >= 4 is 21.6 Å². The average Bonchev–Trinajstić information content (AvgIpc) is 3.28. The van der Waals surface area contributed by atoms with Gasteiger partial charge in [-0.25, -0.2) is 8.42 Å². The van der Waals surface area contributed by atoms with Gasteiger partial charge in [0.05, 0.1) is 4.90 Å². The van der Waals surface area contributed by atoms with Crippen LogP contribution in [0.4, 0.5) is 5.69 Å². The molecule has 0 radical (unpaired) electrons. The van der Waals surface area contributed by atoms with Crippen molar-refractivity contribution < 1.29 is 13.2 Å². The Hall–Kier alpha value is -2.22. The summed E-state index contributed by atoms with van der Waals surface area (Å²) in [4.78, 5) is 13.8. The lowest BCUT2D eigenvalue weighted by molar-refractivity contribution is -0.117. The van der Waals surface area contributed by atoms with Gasteiger partial charge in [0.2, 0.25) is 15.9 Å². The Balaban J connectivity index is 1.54. The van der Waals surface area contributed by atoms with Crippen molar-refractivity contribution in [1.82, 2.24) is 4.31 Å².